The van der Waals surface area contributed by atoms with Crippen LogP contribution in [0.15, 0.2) is 48.7 Å². The van der Waals surface area contributed by atoms with Gasteiger partial charge in [0.1, 0.15) is 11.5 Å². The van der Waals surface area contributed by atoms with Crippen molar-refractivity contribution in [1.29, 1.82) is 0 Å². The van der Waals surface area contributed by atoms with Crippen LogP contribution in [-0.4, -0.2) is 37.2 Å². The highest BCUT2D eigenvalue weighted by Gasteiger charge is 2.18. The fraction of sp³-hybridized carbons (Fsp3) is 0.286. The molecule has 0 atom stereocenters. The van der Waals surface area contributed by atoms with Crippen LogP contribution in [0.2, 0.25) is 0 Å². The summed E-state index contributed by atoms with van der Waals surface area (Å²) in [6, 6.07) is 12.4. The number of benzene rings is 2. The van der Waals surface area contributed by atoms with E-state index in [9.17, 15) is 9.18 Å². The first-order valence-electron chi connectivity index (χ1n) is 11.4. The zero-order chi connectivity index (χ0) is 24.2. The normalized spacial score (nSPS) is 13.6. The molecule has 0 bridgehead atoms. The number of hydrogen-bond acceptors (Lipinski definition) is 4. The molecule has 1 fully saturated rings. The number of rotatable bonds is 5. The smallest absolute Gasteiger partial charge is 0.255 e. The van der Waals surface area contributed by atoms with Crippen LogP contribution in [0.3, 0.4) is 0 Å². The van der Waals surface area contributed by atoms with Crippen LogP contribution in [0.25, 0.3) is 11.1 Å². The van der Waals surface area contributed by atoms with E-state index in [2.05, 4.69) is 35.0 Å². The number of halogens is 1. The lowest BCUT2D eigenvalue weighted by Gasteiger charge is -2.29. The van der Waals surface area contributed by atoms with E-state index in [4.69, 9.17) is 11.2 Å². The maximum atomic E-state index is 14.8. The Morgan fingerprint density at radius 2 is 1.97 bits per heavy atom. The SMILES string of the molecule is C#Cc1ncc(-c2cc(NC(=O)c3cccc(C(C)C)c3)c(F)cc2C)cc1N1CCOCC1. The van der Waals surface area contributed by atoms with Crippen molar-refractivity contribution in [3.05, 3.63) is 76.9 Å². The van der Waals surface area contributed by atoms with E-state index >= 15 is 0 Å². The number of carbonyl (C=O) groups is 1. The molecule has 1 aromatic heterocycles. The van der Waals surface area contributed by atoms with Crippen LogP contribution in [0.4, 0.5) is 15.8 Å². The van der Waals surface area contributed by atoms with Gasteiger partial charge in [-0.2, -0.15) is 0 Å². The lowest BCUT2D eigenvalue weighted by Crippen LogP contribution is -2.36. The molecule has 174 valence electrons. The lowest BCUT2D eigenvalue weighted by molar-refractivity contribution is 0.102. The predicted molar refractivity (Wildman–Crippen MR) is 134 cm³/mol. The summed E-state index contributed by atoms with van der Waals surface area (Å²) < 4.78 is 20.3. The number of aryl methyl sites for hydroxylation is 1. The van der Waals surface area contributed by atoms with Crippen molar-refractivity contribution < 1.29 is 13.9 Å². The second-order valence-corrected chi connectivity index (χ2v) is 8.72. The molecule has 1 aliphatic rings. The molecule has 3 aromatic rings. The van der Waals surface area contributed by atoms with Crippen LogP contribution in [-0.2, 0) is 4.74 Å². The first-order valence-corrected chi connectivity index (χ1v) is 11.4. The van der Waals surface area contributed by atoms with Gasteiger partial charge in [0.25, 0.3) is 5.91 Å². The van der Waals surface area contributed by atoms with Crippen LogP contribution in [0.1, 0.15) is 46.9 Å². The Labute approximate surface area is 200 Å². The molecule has 0 saturated carbocycles. The fourth-order valence-corrected chi connectivity index (χ4v) is 4.07. The lowest BCUT2D eigenvalue weighted by atomic mass is 9.99. The Morgan fingerprint density at radius 3 is 2.68 bits per heavy atom. The second kappa shape index (κ2) is 10.1. The number of aromatic nitrogens is 1. The van der Waals surface area contributed by atoms with Gasteiger partial charge in [0, 0.05) is 30.4 Å². The van der Waals surface area contributed by atoms with E-state index < -0.39 is 5.82 Å². The molecule has 0 aliphatic carbocycles. The van der Waals surface area contributed by atoms with Crippen molar-refractivity contribution in [2.24, 2.45) is 0 Å². The third-order valence-corrected chi connectivity index (χ3v) is 6.04. The zero-order valence-electron chi connectivity index (χ0n) is 19.7. The summed E-state index contributed by atoms with van der Waals surface area (Å²) in [5.74, 6) is 2.09. The van der Waals surface area contributed by atoms with Gasteiger partial charge in [-0.25, -0.2) is 9.37 Å². The standard InChI is InChI=1S/C28H28FN3O2/c1-5-25-27(32-9-11-34-12-10-32)15-22(17-30-25)23-16-26(24(29)13-19(23)4)31-28(33)21-8-6-7-20(14-21)18(2)3/h1,6-8,13-18H,9-12H2,2-4H3,(H,31,33). The summed E-state index contributed by atoms with van der Waals surface area (Å²) >= 11 is 0. The largest absolute Gasteiger partial charge is 0.378 e. The van der Waals surface area contributed by atoms with E-state index in [0.29, 0.717) is 24.5 Å². The van der Waals surface area contributed by atoms with E-state index in [1.807, 2.05) is 31.2 Å². The monoisotopic (exact) mass is 457 g/mol. The van der Waals surface area contributed by atoms with E-state index in [0.717, 1.165) is 41.0 Å². The van der Waals surface area contributed by atoms with Crippen molar-refractivity contribution in [1.82, 2.24) is 4.98 Å². The molecule has 1 amide bonds. The summed E-state index contributed by atoms with van der Waals surface area (Å²) in [5.41, 5.74) is 5.38. The number of ether oxygens (including phenoxy) is 1. The highest BCUT2D eigenvalue weighted by atomic mass is 19.1. The molecule has 6 heteroatoms. The van der Waals surface area contributed by atoms with Gasteiger partial charge < -0.3 is 15.0 Å². The third-order valence-electron chi connectivity index (χ3n) is 6.04. The topological polar surface area (TPSA) is 54.5 Å². The first kappa shape index (κ1) is 23.5. The zero-order valence-corrected chi connectivity index (χ0v) is 19.7. The average molecular weight is 458 g/mol. The van der Waals surface area contributed by atoms with Gasteiger partial charge in [0.15, 0.2) is 0 Å². The average Bonchev–Trinajstić information content (AvgIpc) is 2.85. The summed E-state index contributed by atoms with van der Waals surface area (Å²) in [4.78, 5) is 19.5. The number of carbonyl (C=O) groups excluding carboxylic acids is 1. The fourth-order valence-electron chi connectivity index (χ4n) is 4.07. The molecule has 0 unspecified atom stereocenters. The number of nitrogens with one attached hydrogen (secondary N) is 1. The maximum absolute atomic E-state index is 14.8. The summed E-state index contributed by atoms with van der Waals surface area (Å²) in [5, 5.41) is 2.74. The van der Waals surface area contributed by atoms with Gasteiger partial charge >= 0.3 is 0 Å². The predicted octanol–water partition coefficient (Wildman–Crippen LogP) is 5.39. The molecule has 5 nitrogen and oxygen atoms in total. The van der Waals surface area contributed by atoms with Crippen molar-refractivity contribution in [3.63, 3.8) is 0 Å². The molecule has 0 radical (unpaired) electrons. The summed E-state index contributed by atoms with van der Waals surface area (Å²) in [7, 11) is 0. The first-order chi connectivity index (χ1) is 16.4. The van der Waals surface area contributed by atoms with E-state index in [1.54, 1.807) is 18.3 Å². The Kier molecular flexibility index (Phi) is 6.95. The Balaban J connectivity index is 1.68. The van der Waals surface area contributed by atoms with E-state index in [1.165, 1.54) is 6.07 Å². The van der Waals surface area contributed by atoms with Crippen molar-refractivity contribution in [2.75, 3.05) is 36.5 Å². The van der Waals surface area contributed by atoms with Gasteiger partial charge in [-0.05, 0) is 65.8 Å². The van der Waals surface area contributed by atoms with Crippen molar-refractivity contribution >= 4 is 17.3 Å². The molecule has 0 spiro atoms. The summed E-state index contributed by atoms with van der Waals surface area (Å²) in [6.07, 6.45) is 7.38. The number of amides is 1. The van der Waals surface area contributed by atoms with Crippen LogP contribution in [0, 0.1) is 25.1 Å². The molecule has 1 N–H and O–H groups in total. The molecule has 34 heavy (non-hydrogen) atoms. The Hall–Kier alpha value is -3.69. The highest BCUT2D eigenvalue weighted by molar-refractivity contribution is 6.04. The minimum absolute atomic E-state index is 0.120. The third kappa shape index (κ3) is 4.95. The second-order valence-electron chi connectivity index (χ2n) is 8.72. The minimum Gasteiger partial charge on any atom is -0.378 e. The highest BCUT2D eigenvalue weighted by Crippen LogP contribution is 2.32. The molecular weight excluding hydrogens is 429 g/mol. The molecular formula is C28H28FN3O2. The van der Waals surface area contributed by atoms with Gasteiger partial charge in [-0.15, -0.1) is 6.42 Å². The molecule has 1 aliphatic heterocycles. The molecule has 4 rings (SSSR count). The van der Waals surface area contributed by atoms with Crippen LogP contribution in [0.5, 0.6) is 0 Å². The Bertz CT molecular complexity index is 1260. The number of hydrogen-bond donors (Lipinski definition) is 1. The van der Waals surface area contributed by atoms with Crippen molar-refractivity contribution in [3.8, 4) is 23.5 Å². The number of nitrogens with zero attached hydrogens (tertiary/aromatic N) is 2. The van der Waals surface area contributed by atoms with Crippen LogP contribution < -0.4 is 10.2 Å². The Morgan fingerprint density at radius 1 is 1.21 bits per heavy atom. The number of morpholine rings is 1. The number of anilines is 2. The molecule has 2 aromatic carbocycles. The summed E-state index contributed by atoms with van der Waals surface area (Å²) in [6.45, 7) is 8.65. The molecule has 2 heterocycles. The van der Waals surface area contributed by atoms with Crippen LogP contribution >= 0.6 is 0 Å². The quantitative estimate of drug-likeness (QED) is 0.522. The minimum atomic E-state index is -0.490. The van der Waals surface area contributed by atoms with Gasteiger partial charge in [0.05, 0.1) is 24.6 Å². The van der Waals surface area contributed by atoms with Crippen molar-refractivity contribution in [2.45, 2.75) is 26.7 Å². The van der Waals surface area contributed by atoms with E-state index in [-0.39, 0.29) is 17.5 Å². The van der Waals surface area contributed by atoms with Gasteiger partial charge in [-0.3, -0.25) is 4.79 Å². The molecule has 1 saturated heterocycles. The maximum Gasteiger partial charge on any atom is 0.255 e. The van der Waals surface area contributed by atoms with Gasteiger partial charge in [0.2, 0.25) is 0 Å². The number of pyridine rings is 1. The number of terminal acetylenes is 1. The van der Waals surface area contributed by atoms with Gasteiger partial charge in [-0.1, -0.05) is 26.0 Å².